The first-order chi connectivity index (χ1) is 8.50. The van der Waals surface area contributed by atoms with E-state index in [0.29, 0.717) is 6.61 Å². The van der Waals surface area contributed by atoms with Crippen molar-refractivity contribution in [1.29, 1.82) is 0 Å². The van der Waals surface area contributed by atoms with Crippen LogP contribution in [0, 0.1) is 5.41 Å². The fourth-order valence-electron chi connectivity index (χ4n) is 1.62. The maximum atomic E-state index is 5.02. The van der Waals surface area contributed by atoms with Crippen LogP contribution in [0.15, 0.2) is 0 Å². The van der Waals surface area contributed by atoms with Crippen molar-refractivity contribution in [2.75, 3.05) is 20.3 Å². The Bertz CT molecular complexity index is 350. The summed E-state index contributed by atoms with van der Waals surface area (Å²) in [6.07, 6.45) is 1.10. The van der Waals surface area contributed by atoms with E-state index in [1.807, 2.05) is 4.68 Å². The van der Waals surface area contributed by atoms with Crippen LogP contribution in [0.25, 0.3) is 0 Å². The van der Waals surface area contributed by atoms with Gasteiger partial charge in [-0.15, -0.1) is 5.10 Å². The van der Waals surface area contributed by atoms with Crippen molar-refractivity contribution in [3.63, 3.8) is 0 Å². The Balaban J connectivity index is 2.64. The number of nitrogens with one attached hydrogen (secondary N) is 1. The Labute approximate surface area is 109 Å². The lowest BCUT2D eigenvalue weighted by Gasteiger charge is -2.23. The molecule has 104 valence electrons. The van der Waals surface area contributed by atoms with E-state index in [4.69, 9.17) is 4.74 Å². The first-order valence-electron chi connectivity index (χ1n) is 6.48. The van der Waals surface area contributed by atoms with Gasteiger partial charge in [0.2, 0.25) is 0 Å². The average molecular weight is 255 g/mol. The highest BCUT2D eigenvalue weighted by Gasteiger charge is 2.21. The number of hydrogen-bond acceptors (Lipinski definition) is 5. The van der Waals surface area contributed by atoms with E-state index < -0.39 is 0 Å². The topological polar surface area (TPSA) is 64.9 Å². The van der Waals surface area contributed by atoms with Crippen LogP contribution < -0.4 is 5.32 Å². The summed E-state index contributed by atoms with van der Waals surface area (Å²) in [6, 6.07) is 0.128. The molecule has 0 saturated carbocycles. The lowest BCUT2D eigenvalue weighted by molar-refractivity contribution is 0.195. The summed E-state index contributed by atoms with van der Waals surface area (Å²) in [6.45, 7) is 11.0. The molecule has 0 amide bonds. The van der Waals surface area contributed by atoms with Crippen molar-refractivity contribution >= 4 is 0 Å². The molecule has 0 bridgehead atoms. The minimum absolute atomic E-state index is 0.128. The van der Waals surface area contributed by atoms with E-state index >= 15 is 0 Å². The predicted octanol–water partition coefficient (Wildman–Crippen LogP) is 1.41. The molecule has 0 radical (unpaired) electrons. The molecule has 18 heavy (non-hydrogen) atoms. The first kappa shape index (κ1) is 15.0. The molecule has 0 aliphatic rings. The quantitative estimate of drug-likeness (QED) is 0.711. The molecule has 6 nitrogen and oxygen atoms in total. The van der Waals surface area contributed by atoms with Gasteiger partial charge in [0.1, 0.15) is 0 Å². The highest BCUT2D eigenvalue weighted by Crippen LogP contribution is 2.23. The molecule has 0 aliphatic heterocycles. The zero-order valence-corrected chi connectivity index (χ0v) is 12.1. The minimum atomic E-state index is 0.128. The molecule has 1 unspecified atom stereocenters. The SMILES string of the molecule is CCC(C)(C)Cn1nnnc1C(C)NCCOC. The van der Waals surface area contributed by atoms with Gasteiger partial charge in [0.25, 0.3) is 0 Å². The molecule has 1 heterocycles. The predicted molar refractivity (Wildman–Crippen MR) is 70.2 cm³/mol. The van der Waals surface area contributed by atoms with Crippen molar-refractivity contribution < 1.29 is 4.74 Å². The Hall–Kier alpha value is -1.01. The second kappa shape index (κ2) is 6.80. The van der Waals surface area contributed by atoms with Crippen LogP contribution in [0.4, 0.5) is 0 Å². The molecule has 0 saturated heterocycles. The summed E-state index contributed by atoms with van der Waals surface area (Å²) in [7, 11) is 1.69. The largest absolute Gasteiger partial charge is 0.383 e. The maximum absolute atomic E-state index is 5.02. The molecule has 0 spiro atoms. The lowest BCUT2D eigenvalue weighted by atomic mass is 9.90. The Kier molecular flexibility index (Phi) is 5.68. The molecular weight excluding hydrogens is 230 g/mol. The Morgan fingerprint density at radius 1 is 1.44 bits per heavy atom. The zero-order valence-electron chi connectivity index (χ0n) is 12.1. The monoisotopic (exact) mass is 255 g/mol. The molecular formula is C12H25N5O. The normalized spacial score (nSPS) is 13.8. The van der Waals surface area contributed by atoms with Crippen LogP contribution >= 0.6 is 0 Å². The van der Waals surface area contributed by atoms with Crippen LogP contribution in [-0.4, -0.2) is 40.5 Å². The van der Waals surface area contributed by atoms with Crippen LogP contribution in [-0.2, 0) is 11.3 Å². The number of rotatable bonds is 8. The van der Waals surface area contributed by atoms with Gasteiger partial charge in [0, 0.05) is 20.2 Å². The van der Waals surface area contributed by atoms with Gasteiger partial charge in [0.05, 0.1) is 12.6 Å². The van der Waals surface area contributed by atoms with Crippen molar-refractivity contribution in [3.05, 3.63) is 5.82 Å². The highest BCUT2D eigenvalue weighted by molar-refractivity contribution is 4.90. The summed E-state index contributed by atoms with van der Waals surface area (Å²) in [5.74, 6) is 0.882. The van der Waals surface area contributed by atoms with E-state index in [2.05, 4.69) is 48.5 Å². The minimum Gasteiger partial charge on any atom is -0.383 e. The van der Waals surface area contributed by atoms with Gasteiger partial charge in [-0.3, -0.25) is 0 Å². The molecule has 1 aromatic rings. The van der Waals surface area contributed by atoms with Gasteiger partial charge >= 0.3 is 0 Å². The summed E-state index contributed by atoms with van der Waals surface area (Å²) < 4.78 is 6.91. The maximum Gasteiger partial charge on any atom is 0.167 e. The summed E-state index contributed by atoms with van der Waals surface area (Å²) in [4.78, 5) is 0. The third-order valence-corrected chi connectivity index (χ3v) is 3.24. The lowest BCUT2D eigenvalue weighted by Crippen LogP contribution is -2.28. The van der Waals surface area contributed by atoms with Crippen LogP contribution in [0.2, 0.25) is 0 Å². The van der Waals surface area contributed by atoms with Crippen molar-refractivity contribution in [2.45, 2.75) is 46.7 Å². The second-order valence-corrected chi connectivity index (χ2v) is 5.38. The van der Waals surface area contributed by atoms with E-state index in [0.717, 1.165) is 25.3 Å². The molecule has 6 heteroatoms. The van der Waals surface area contributed by atoms with E-state index in [1.54, 1.807) is 7.11 Å². The molecule has 0 aliphatic carbocycles. The fourth-order valence-corrected chi connectivity index (χ4v) is 1.62. The van der Waals surface area contributed by atoms with Crippen molar-refractivity contribution in [3.8, 4) is 0 Å². The number of nitrogens with zero attached hydrogens (tertiary/aromatic N) is 4. The molecule has 1 rings (SSSR count). The van der Waals surface area contributed by atoms with Gasteiger partial charge in [0.15, 0.2) is 5.82 Å². The van der Waals surface area contributed by atoms with Gasteiger partial charge in [-0.2, -0.15) is 0 Å². The zero-order chi connectivity index (χ0) is 13.6. The molecule has 0 aromatic carbocycles. The number of aromatic nitrogens is 4. The van der Waals surface area contributed by atoms with Gasteiger partial charge in [-0.1, -0.05) is 20.8 Å². The fraction of sp³-hybridized carbons (Fsp3) is 0.917. The third-order valence-electron chi connectivity index (χ3n) is 3.24. The number of hydrogen-bond donors (Lipinski definition) is 1. The third kappa shape index (κ3) is 4.34. The Morgan fingerprint density at radius 3 is 2.78 bits per heavy atom. The van der Waals surface area contributed by atoms with E-state index in [-0.39, 0.29) is 11.5 Å². The standard InChI is InChI=1S/C12H25N5O/c1-6-12(3,4)9-17-11(14-15-16-17)10(2)13-7-8-18-5/h10,13H,6-9H2,1-5H3. The Morgan fingerprint density at radius 2 is 2.17 bits per heavy atom. The molecule has 0 fully saturated rings. The average Bonchev–Trinajstić information content (AvgIpc) is 2.76. The molecule has 1 atom stereocenters. The summed E-state index contributed by atoms with van der Waals surface area (Å²) >= 11 is 0. The summed E-state index contributed by atoms with van der Waals surface area (Å²) in [5.41, 5.74) is 0.205. The van der Waals surface area contributed by atoms with Crippen LogP contribution in [0.3, 0.4) is 0 Å². The molecule has 1 aromatic heterocycles. The van der Waals surface area contributed by atoms with Crippen molar-refractivity contribution in [1.82, 2.24) is 25.5 Å². The van der Waals surface area contributed by atoms with E-state index in [9.17, 15) is 0 Å². The number of ether oxygens (including phenoxy) is 1. The smallest absolute Gasteiger partial charge is 0.167 e. The number of tetrazole rings is 1. The second-order valence-electron chi connectivity index (χ2n) is 5.38. The van der Waals surface area contributed by atoms with Gasteiger partial charge in [-0.25, -0.2) is 4.68 Å². The van der Waals surface area contributed by atoms with Crippen LogP contribution in [0.5, 0.6) is 0 Å². The first-order valence-corrected chi connectivity index (χ1v) is 6.48. The van der Waals surface area contributed by atoms with Crippen molar-refractivity contribution in [2.24, 2.45) is 5.41 Å². The van der Waals surface area contributed by atoms with Gasteiger partial charge in [-0.05, 0) is 29.2 Å². The summed E-state index contributed by atoms with van der Waals surface area (Å²) in [5, 5.41) is 15.3. The molecule has 1 N–H and O–H groups in total. The number of methoxy groups -OCH3 is 1. The highest BCUT2D eigenvalue weighted by atomic mass is 16.5. The van der Waals surface area contributed by atoms with Gasteiger partial charge < -0.3 is 10.1 Å². The van der Waals surface area contributed by atoms with E-state index in [1.165, 1.54) is 0 Å². The van der Waals surface area contributed by atoms with Crippen LogP contribution in [0.1, 0.15) is 46.0 Å².